The van der Waals surface area contributed by atoms with E-state index < -0.39 is 0 Å². The minimum absolute atomic E-state index is 0.00634. The van der Waals surface area contributed by atoms with Gasteiger partial charge in [-0.05, 0) is 20.3 Å². The predicted molar refractivity (Wildman–Crippen MR) is 56.8 cm³/mol. The number of hydrogen-bond donors (Lipinski definition) is 1. The molecule has 13 heavy (non-hydrogen) atoms. The smallest absolute Gasteiger partial charge is 0.318 e. The summed E-state index contributed by atoms with van der Waals surface area (Å²) in [5.74, 6) is 0. The van der Waals surface area contributed by atoms with E-state index in [0.717, 1.165) is 10.9 Å². The van der Waals surface area contributed by atoms with Crippen LogP contribution in [0.2, 0.25) is 0 Å². The third kappa shape index (κ3) is 2.46. The molecule has 1 rings (SSSR count). The van der Waals surface area contributed by atoms with E-state index in [9.17, 15) is 4.79 Å². The summed E-state index contributed by atoms with van der Waals surface area (Å²) in [6, 6.07) is 0.754. The number of amides is 2. The average molecular weight is 247 g/mol. The van der Waals surface area contributed by atoms with Gasteiger partial charge in [0.25, 0.3) is 0 Å². The highest BCUT2D eigenvalue weighted by Gasteiger charge is 2.35. The molecule has 0 aromatic rings. The third-order valence-electron chi connectivity index (χ3n) is 2.30. The topological polar surface area (TPSA) is 32.3 Å². The van der Waals surface area contributed by atoms with Gasteiger partial charge >= 0.3 is 6.03 Å². The predicted octanol–water partition coefficient (Wildman–Crippen LogP) is 2.09. The Balaban J connectivity index is 2.35. The van der Waals surface area contributed by atoms with Crippen LogP contribution in [-0.2, 0) is 0 Å². The minimum atomic E-state index is 0.00634. The lowest BCUT2D eigenvalue weighted by atomic mass is 9.97. The van der Waals surface area contributed by atoms with Gasteiger partial charge in [0.1, 0.15) is 0 Å². The zero-order valence-electron chi connectivity index (χ0n) is 8.01. The van der Waals surface area contributed by atoms with Gasteiger partial charge in [-0.1, -0.05) is 22.5 Å². The fraction of sp³-hybridized carbons (Fsp3) is 0.667. The van der Waals surface area contributed by atoms with E-state index in [0.29, 0.717) is 18.6 Å². The van der Waals surface area contributed by atoms with Crippen molar-refractivity contribution in [2.75, 3.05) is 6.54 Å². The van der Waals surface area contributed by atoms with Crippen LogP contribution in [0.15, 0.2) is 11.1 Å². The number of hydrogen-bond acceptors (Lipinski definition) is 1. The molecule has 4 heteroatoms. The average Bonchev–Trinajstić information content (AvgIpc) is 2.00. The molecular weight excluding hydrogens is 232 g/mol. The van der Waals surface area contributed by atoms with Crippen LogP contribution in [0.3, 0.4) is 0 Å². The van der Waals surface area contributed by atoms with Crippen LogP contribution in [0.5, 0.6) is 0 Å². The maximum absolute atomic E-state index is 11.5. The van der Waals surface area contributed by atoms with Crippen molar-refractivity contribution in [1.82, 2.24) is 10.2 Å². The number of carbonyl (C=O) groups excluding carboxylic acids is 1. The first-order valence-electron chi connectivity index (χ1n) is 4.41. The Bertz CT molecular complexity index is 222. The summed E-state index contributed by atoms with van der Waals surface area (Å²) in [6.07, 6.45) is 1.10. The molecule has 0 saturated carbocycles. The van der Waals surface area contributed by atoms with Gasteiger partial charge in [-0.25, -0.2) is 4.79 Å². The van der Waals surface area contributed by atoms with E-state index in [1.54, 1.807) is 0 Å². The molecule has 0 aromatic heterocycles. The van der Waals surface area contributed by atoms with E-state index in [2.05, 4.69) is 41.7 Å². The monoisotopic (exact) mass is 246 g/mol. The highest BCUT2D eigenvalue weighted by atomic mass is 79.9. The van der Waals surface area contributed by atoms with Gasteiger partial charge in [0, 0.05) is 16.6 Å². The lowest BCUT2D eigenvalue weighted by molar-refractivity contribution is 0.0740. The van der Waals surface area contributed by atoms with Gasteiger partial charge in [0.15, 0.2) is 0 Å². The summed E-state index contributed by atoms with van der Waals surface area (Å²) in [7, 11) is 0. The Kier molecular flexibility index (Phi) is 3.36. The molecule has 1 heterocycles. The van der Waals surface area contributed by atoms with Gasteiger partial charge in [-0.3, -0.25) is 0 Å². The number of rotatable bonds is 2. The number of halogens is 1. The standard InChI is InChI=1S/C9H15BrN2O/c1-6(10)5-11-9(13)12-7(2)4-8(12)3/h7-8H,1,4-5H2,2-3H3,(H,11,13). The van der Waals surface area contributed by atoms with E-state index in [4.69, 9.17) is 0 Å². The first kappa shape index (κ1) is 10.6. The lowest BCUT2D eigenvalue weighted by Crippen LogP contribution is -2.59. The Morgan fingerprint density at radius 3 is 2.54 bits per heavy atom. The largest absolute Gasteiger partial charge is 0.333 e. The summed E-state index contributed by atoms with van der Waals surface area (Å²) in [6.45, 7) is 8.26. The number of nitrogens with zero attached hydrogens (tertiary/aromatic N) is 1. The fourth-order valence-electron chi connectivity index (χ4n) is 1.68. The molecule has 1 saturated heterocycles. The molecule has 2 atom stereocenters. The van der Waals surface area contributed by atoms with Crippen LogP contribution in [0.4, 0.5) is 4.79 Å². The normalized spacial score (nSPS) is 26.5. The molecule has 2 amide bonds. The number of likely N-dealkylation sites (tertiary alicyclic amines) is 1. The van der Waals surface area contributed by atoms with Crippen molar-refractivity contribution < 1.29 is 4.79 Å². The molecule has 1 aliphatic rings. The zero-order chi connectivity index (χ0) is 10.0. The molecule has 1 N–H and O–H groups in total. The van der Waals surface area contributed by atoms with E-state index in [-0.39, 0.29) is 6.03 Å². The number of carbonyl (C=O) groups is 1. The molecule has 0 radical (unpaired) electrons. The van der Waals surface area contributed by atoms with Gasteiger partial charge in [0.05, 0.1) is 6.54 Å². The van der Waals surface area contributed by atoms with Crippen molar-refractivity contribution >= 4 is 22.0 Å². The van der Waals surface area contributed by atoms with Crippen LogP contribution < -0.4 is 5.32 Å². The second-order valence-corrected chi connectivity index (χ2v) is 4.64. The summed E-state index contributed by atoms with van der Waals surface area (Å²) in [5.41, 5.74) is 0. The maximum atomic E-state index is 11.5. The molecule has 0 aliphatic carbocycles. The SMILES string of the molecule is C=C(Br)CNC(=O)N1C(C)CC1C. The Hall–Kier alpha value is -0.510. The summed E-state index contributed by atoms with van der Waals surface area (Å²) in [4.78, 5) is 13.4. The molecule has 1 fully saturated rings. The maximum Gasteiger partial charge on any atom is 0.318 e. The van der Waals surface area contributed by atoms with E-state index in [1.165, 1.54) is 0 Å². The van der Waals surface area contributed by atoms with Gasteiger partial charge in [0.2, 0.25) is 0 Å². The quantitative estimate of drug-likeness (QED) is 0.796. The first-order chi connectivity index (χ1) is 6.02. The summed E-state index contributed by atoms with van der Waals surface area (Å²) >= 11 is 3.19. The van der Waals surface area contributed by atoms with Crippen molar-refractivity contribution in [2.24, 2.45) is 0 Å². The van der Waals surface area contributed by atoms with Crippen LogP contribution in [0, 0.1) is 0 Å². The van der Waals surface area contributed by atoms with Crippen molar-refractivity contribution in [3.8, 4) is 0 Å². The van der Waals surface area contributed by atoms with Crippen LogP contribution in [-0.4, -0.2) is 29.6 Å². The second kappa shape index (κ2) is 4.13. The van der Waals surface area contributed by atoms with Crippen LogP contribution >= 0.6 is 15.9 Å². The third-order valence-corrected chi connectivity index (χ3v) is 2.58. The van der Waals surface area contributed by atoms with Crippen molar-refractivity contribution in [2.45, 2.75) is 32.4 Å². The highest BCUT2D eigenvalue weighted by Crippen LogP contribution is 2.24. The van der Waals surface area contributed by atoms with Crippen LogP contribution in [0.25, 0.3) is 0 Å². The fourth-order valence-corrected chi connectivity index (χ4v) is 1.82. The number of urea groups is 1. The molecular formula is C9H15BrN2O. The molecule has 3 nitrogen and oxygen atoms in total. The zero-order valence-corrected chi connectivity index (χ0v) is 9.60. The summed E-state index contributed by atoms with van der Waals surface area (Å²) < 4.78 is 0.793. The highest BCUT2D eigenvalue weighted by molar-refractivity contribution is 9.11. The molecule has 0 spiro atoms. The molecule has 2 unspecified atom stereocenters. The molecule has 0 aromatic carbocycles. The van der Waals surface area contributed by atoms with Gasteiger partial charge in [-0.15, -0.1) is 0 Å². The Labute approximate surface area is 87.3 Å². The first-order valence-corrected chi connectivity index (χ1v) is 5.21. The number of nitrogens with one attached hydrogen (secondary N) is 1. The van der Waals surface area contributed by atoms with Gasteiger partial charge in [-0.2, -0.15) is 0 Å². The molecule has 0 bridgehead atoms. The summed E-state index contributed by atoms with van der Waals surface area (Å²) in [5, 5.41) is 2.79. The van der Waals surface area contributed by atoms with Crippen molar-refractivity contribution in [1.29, 1.82) is 0 Å². The Morgan fingerprint density at radius 2 is 2.15 bits per heavy atom. The van der Waals surface area contributed by atoms with E-state index >= 15 is 0 Å². The lowest BCUT2D eigenvalue weighted by Gasteiger charge is -2.45. The minimum Gasteiger partial charge on any atom is -0.333 e. The van der Waals surface area contributed by atoms with Gasteiger partial charge < -0.3 is 10.2 Å². The van der Waals surface area contributed by atoms with E-state index in [1.807, 2.05) is 4.90 Å². The van der Waals surface area contributed by atoms with Crippen LogP contribution in [0.1, 0.15) is 20.3 Å². The molecule has 1 aliphatic heterocycles. The van der Waals surface area contributed by atoms with Crippen molar-refractivity contribution in [3.63, 3.8) is 0 Å². The molecule has 74 valence electrons. The second-order valence-electron chi connectivity index (χ2n) is 3.52. The Morgan fingerprint density at radius 1 is 1.62 bits per heavy atom. The van der Waals surface area contributed by atoms with Crippen molar-refractivity contribution in [3.05, 3.63) is 11.1 Å².